The number of hydrogen-bond acceptors (Lipinski definition) is 4. The molecule has 0 aliphatic carbocycles. The number of aromatic nitrogens is 1. The molecular weight excluding hydrogens is 407 g/mol. The van der Waals surface area contributed by atoms with Crippen LogP contribution in [0, 0.1) is 5.82 Å². The summed E-state index contributed by atoms with van der Waals surface area (Å²) < 4.78 is 36.9. The van der Waals surface area contributed by atoms with Crippen molar-refractivity contribution < 1.29 is 17.9 Å². The summed E-state index contributed by atoms with van der Waals surface area (Å²) >= 11 is 3.59. The van der Waals surface area contributed by atoms with Crippen LogP contribution in [0.5, 0.6) is 0 Å². The molecule has 1 unspecified atom stereocenters. The highest BCUT2D eigenvalue weighted by molar-refractivity contribution is 7.80. The molecule has 1 atom stereocenters. The van der Waals surface area contributed by atoms with Crippen LogP contribution in [0.25, 0.3) is 0 Å². The van der Waals surface area contributed by atoms with Crippen molar-refractivity contribution in [2.24, 2.45) is 0 Å². The van der Waals surface area contributed by atoms with E-state index in [2.05, 4.69) is 15.6 Å². The maximum atomic E-state index is 15.0. The number of nitrogens with zero attached hydrogens (tertiary/aromatic N) is 2. The van der Waals surface area contributed by atoms with E-state index < -0.39 is 28.6 Å². The van der Waals surface area contributed by atoms with Gasteiger partial charge in [-0.3, -0.25) is 13.7 Å². The Kier molecular flexibility index (Phi) is 7.73. The number of nitrogens with one attached hydrogen (secondary N) is 2. The first-order valence-corrected chi connectivity index (χ1v) is 10.1. The number of carbonyl (C=O) groups excluding carboxylic acids is 1. The first kappa shape index (κ1) is 22.1. The van der Waals surface area contributed by atoms with Crippen LogP contribution in [0.4, 0.5) is 21.6 Å². The number of hydrogen-bond donors (Lipinski definition) is 3. The molecule has 0 fully saturated rings. The van der Waals surface area contributed by atoms with Crippen LogP contribution in [0.15, 0.2) is 30.5 Å². The zero-order chi connectivity index (χ0) is 20.8. The molecule has 0 bridgehead atoms. The van der Waals surface area contributed by atoms with Crippen LogP contribution < -0.4 is 14.9 Å². The molecule has 1 amide bonds. The summed E-state index contributed by atoms with van der Waals surface area (Å²) in [6.07, 6.45) is 1.95. The topological polar surface area (TPSA) is 94.6 Å². The molecule has 1 heterocycles. The van der Waals surface area contributed by atoms with Crippen LogP contribution in [0.2, 0.25) is 5.02 Å². The highest BCUT2D eigenvalue weighted by Gasteiger charge is 2.24. The minimum Gasteiger partial charge on any atom is -0.368 e. The van der Waals surface area contributed by atoms with Crippen LogP contribution in [-0.4, -0.2) is 32.2 Å². The quantitative estimate of drug-likeness (QED) is 0.545. The van der Waals surface area contributed by atoms with Gasteiger partial charge >= 0.3 is 0 Å². The van der Waals surface area contributed by atoms with E-state index in [0.29, 0.717) is 17.9 Å². The summed E-state index contributed by atoms with van der Waals surface area (Å²) in [7, 11) is 0. The van der Waals surface area contributed by atoms with E-state index >= 15 is 0 Å². The van der Waals surface area contributed by atoms with Crippen LogP contribution in [-0.2, 0) is 11.3 Å². The Morgan fingerprint density at radius 1 is 1.36 bits per heavy atom. The fourth-order valence-corrected chi connectivity index (χ4v) is 3.35. The van der Waals surface area contributed by atoms with Gasteiger partial charge in [0.2, 0.25) is 0 Å². The standard InChI is InChI=1S/C18H22ClFN4O3S/c1-4-9-24(28(26)27)14-7-6-13(19)16(17(14)20)18(25)23-12-5-8-15(21-10-12)22-11(2)3/h5-8,10-11H,4,9H2,1-3H3,(H,21,22)(H,23,25)(H,26,27). The number of rotatable bonds is 8. The molecule has 0 saturated heterocycles. The Morgan fingerprint density at radius 2 is 2.07 bits per heavy atom. The maximum Gasteiger partial charge on any atom is 0.261 e. The number of benzene rings is 1. The lowest BCUT2D eigenvalue weighted by molar-refractivity contribution is 0.102. The average molecular weight is 429 g/mol. The largest absolute Gasteiger partial charge is 0.368 e. The van der Waals surface area contributed by atoms with Crippen LogP contribution >= 0.6 is 11.6 Å². The first-order chi connectivity index (χ1) is 13.2. The third-order valence-electron chi connectivity index (χ3n) is 3.64. The number of amides is 1. The summed E-state index contributed by atoms with van der Waals surface area (Å²) in [5.41, 5.74) is -0.224. The van der Waals surface area contributed by atoms with E-state index in [-0.39, 0.29) is 23.3 Å². The van der Waals surface area contributed by atoms with Gasteiger partial charge in [-0.1, -0.05) is 18.5 Å². The predicted molar refractivity (Wildman–Crippen MR) is 111 cm³/mol. The highest BCUT2D eigenvalue weighted by atomic mass is 35.5. The van der Waals surface area contributed by atoms with Gasteiger partial charge in [0.15, 0.2) is 5.82 Å². The monoisotopic (exact) mass is 428 g/mol. The molecular formula is C18H22ClFN4O3S. The normalized spacial score (nSPS) is 12.0. The number of carbonyl (C=O) groups is 1. The Labute approximate surface area is 170 Å². The minimum atomic E-state index is -2.44. The molecule has 2 rings (SSSR count). The Bertz CT molecular complexity index is 865. The summed E-state index contributed by atoms with van der Waals surface area (Å²) in [4.78, 5) is 16.8. The van der Waals surface area contributed by atoms with E-state index in [1.807, 2.05) is 13.8 Å². The molecule has 1 aromatic carbocycles. The molecule has 3 N–H and O–H groups in total. The average Bonchev–Trinajstić information content (AvgIpc) is 2.61. The summed E-state index contributed by atoms with van der Waals surface area (Å²) in [6, 6.07) is 6.09. The Morgan fingerprint density at radius 3 is 2.61 bits per heavy atom. The molecule has 0 saturated carbocycles. The van der Waals surface area contributed by atoms with E-state index in [1.165, 1.54) is 18.3 Å². The Hall–Kier alpha value is -2.23. The van der Waals surface area contributed by atoms with Gasteiger partial charge in [-0.2, -0.15) is 0 Å². The number of anilines is 3. The smallest absolute Gasteiger partial charge is 0.261 e. The molecule has 0 aliphatic heterocycles. The van der Waals surface area contributed by atoms with Crippen molar-refractivity contribution in [3.63, 3.8) is 0 Å². The lowest BCUT2D eigenvalue weighted by atomic mass is 10.1. The molecule has 10 heteroatoms. The van der Waals surface area contributed by atoms with E-state index in [1.54, 1.807) is 19.1 Å². The molecule has 152 valence electrons. The molecule has 0 radical (unpaired) electrons. The summed E-state index contributed by atoms with van der Waals surface area (Å²) in [5.74, 6) is -1.11. The molecule has 0 spiro atoms. The zero-order valence-electron chi connectivity index (χ0n) is 15.7. The fraction of sp³-hybridized carbons (Fsp3) is 0.333. The van der Waals surface area contributed by atoms with Gasteiger partial charge in [-0.05, 0) is 44.5 Å². The molecule has 1 aromatic heterocycles. The number of pyridine rings is 1. The van der Waals surface area contributed by atoms with Gasteiger partial charge in [0.25, 0.3) is 17.2 Å². The van der Waals surface area contributed by atoms with E-state index in [0.717, 1.165) is 4.31 Å². The van der Waals surface area contributed by atoms with Crippen LogP contribution in [0.3, 0.4) is 0 Å². The first-order valence-electron chi connectivity index (χ1n) is 8.65. The lowest BCUT2D eigenvalue weighted by Gasteiger charge is -2.21. The van der Waals surface area contributed by atoms with Crippen molar-refractivity contribution in [3.05, 3.63) is 46.9 Å². The Balaban J connectivity index is 2.29. The van der Waals surface area contributed by atoms with Crippen molar-refractivity contribution in [2.45, 2.75) is 33.2 Å². The van der Waals surface area contributed by atoms with Crippen molar-refractivity contribution in [1.82, 2.24) is 4.98 Å². The minimum absolute atomic E-state index is 0.107. The maximum absolute atomic E-state index is 15.0. The van der Waals surface area contributed by atoms with Crippen molar-refractivity contribution in [3.8, 4) is 0 Å². The third-order valence-corrected chi connectivity index (χ3v) is 4.71. The van der Waals surface area contributed by atoms with Gasteiger partial charge in [-0.15, -0.1) is 0 Å². The summed E-state index contributed by atoms with van der Waals surface area (Å²) in [5, 5.41) is 5.55. The predicted octanol–water partition coefficient (Wildman–Crippen LogP) is 4.30. The molecule has 2 aromatic rings. The van der Waals surface area contributed by atoms with Crippen molar-refractivity contribution >= 4 is 46.0 Å². The van der Waals surface area contributed by atoms with Gasteiger partial charge in [-0.25, -0.2) is 13.6 Å². The third kappa shape index (κ3) is 5.40. The second-order valence-corrected chi connectivity index (χ2v) is 7.58. The second-order valence-electron chi connectivity index (χ2n) is 6.27. The lowest BCUT2D eigenvalue weighted by Crippen LogP contribution is -2.28. The molecule has 7 nitrogen and oxygen atoms in total. The van der Waals surface area contributed by atoms with E-state index in [9.17, 15) is 17.9 Å². The zero-order valence-corrected chi connectivity index (χ0v) is 17.3. The van der Waals surface area contributed by atoms with Gasteiger partial charge in [0.05, 0.1) is 28.2 Å². The van der Waals surface area contributed by atoms with Gasteiger partial charge in [0, 0.05) is 12.6 Å². The second kappa shape index (κ2) is 9.81. The molecule has 0 aliphatic rings. The van der Waals surface area contributed by atoms with Crippen molar-refractivity contribution in [2.75, 3.05) is 21.5 Å². The van der Waals surface area contributed by atoms with Crippen molar-refractivity contribution in [1.29, 1.82) is 0 Å². The SMILES string of the molecule is CCCN(c1ccc(Cl)c(C(=O)Nc2ccc(NC(C)C)nc2)c1F)S(=O)O. The van der Waals surface area contributed by atoms with E-state index in [4.69, 9.17) is 11.6 Å². The fourth-order valence-electron chi connectivity index (χ4n) is 2.47. The van der Waals surface area contributed by atoms with Crippen LogP contribution in [0.1, 0.15) is 37.6 Å². The molecule has 28 heavy (non-hydrogen) atoms. The highest BCUT2D eigenvalue weighted by Crippen LogP contribution is 2.30. The van der Waals surface area contributed by atoms with Gasteiger partial charge in [0.1, 0.15) is 5.82 Å². The van der Waals surface area contributed by atoms with Gasteiger partial charge < -0.3 is 10.6 Å². The number of halogens is 2. The summed E-state index contributed by atoms with van der Waals surface area (Å²) in [6.45, 7) is 5.86.